The number of anilines is 1. The Hall–Kier alpha value is -3.21. The lowest BCUT2D eigenvalue weighted by molar-refractivity contribution is -0.126. The Morgan fingerprint density at radius 2 is 1.93 bits per heavy atom. The van der Waals surface area contributed by atoms with Crippen LogP contribution in [0.5, 0.6) is 11.5 Å². The van der Waals surface area contributed by atoms with Crippen LogP contribution in [0.15, 0.2) is 41.5 Å². The summed E-state index contributed by atoms with van der Waals surface area (Å²) in [5.41, 5.74) is 3.35. The second-order valence-electron chi connectivity index (χ2n) is 5.55. The molecule has 0 fully saturated rings. The number of carbonyl (C=O) groups excluding carboxylic acids is 2. The monoisotopic (exact) mass is 433 g/mol. The number of rotatable bonds is 8. The van der Waals surface area contributed by atoms with E-state index in [0.29, 0.717) is 27.8 Å². The molecule has 0 heterocycles. The van der Waals surface area contributed by atoms with Gasteiger partial charge in [0, 0.05) is 10.7 Å². The van der Waals surface area contributed by atoms with Crippen molar-refractivity contribution in [1.82, 2.24) is 5.43 Å². The molecular weight excluding hydrogens is 417 g/mol. The number of hydrogen-bond acceptors (Lipinski definition) is 5. The molecule has 2 aromatic carbocycles. The van der Waals surface area contributed by atoms with Gasteiger partial charge in [-0.3, -0.25) is 9.59 Å². The summed E-state index contributed by atoms with van der Waals surface area (Å²) in [6.45, 7) is 0.0393. The Balaban J connectivity index is 1.92. The van der Waals surface area contributed by atoms with Crippen LogP contribution in [0.4, 0.5) is 5.69 Å². The van der Waals surface area contributed by atoms with Gasteiger partial charge in [-0.1, -0.05) is 29.1 Å². The summed E-state index contributed by atoms with van der Waals surface area (Å²) in [6.07, 6.45) is 6.13. The lowest BCUT2D eigenvalue weighted by Crippen LogP contribution is -2.24. The van der Waals surface area contributed by atoms with Gasteiger partial charge in [0.25, 0.3) is 0 Å². The van der Waals surface area contributed by atoms with Crippen molar-refractivity contribution >= 4 is 46.9 Å². The van der Waals surface area contributed by atoms with Crippen LogP contribution < -0.4 is 20.2 Å². The van der Waals surface area contributed by atoms with Gasteiger partial charge in [0.1, 0.15) is 13.0 Å². The summed E-state index contributed by atoms with van der Waals surface area (Å²) in [7, 11) is 1.45. The second kappa shape index (κ2) is 11.0. The lowest BCUT2D eigenvalue weighted by atomic mass is 10.2. The molecule has 2 rings (SSSR count). The van der Waals surface area contributed by atoms with Crippen molar-refractivity contribution in [1.29, 1.82) is 0 Å². The van der Waals surface area contributed by atoms with Crippen molar-refractivity contribution in [3.63, 3.8) is 0 Å². The van der Waals surface area contributed by atoms with E-state index in [1.165, 1.54) is 13.3 Å². The molecule has 150 valence electrons. The number of terminal acetylenes is 1. The predicted octanol–water partition coefficient (Wildman–Crippen LogP) is 3.49. The number of benzene rings is 2. The van der Waals surface area contributed by atoms with Gasteiger partial charge in [-0.15, -0.1) is 6.42 Å². The molecular formula is C20H17Cl2N3O4. The average molecular weight is 434 g/mol. The first-order valence-corrected chi connectivity index (χ1v) is 8.99. The largest absolute Gasteiger partial charge is 0.493 e. The van der Waals surface area contributed by atoms with Crippen LogP contribution >= 0.6 is 23.2 Å². The van der Waals surface area contributed by atoms with E-state index in [2.05, 4.69) is 21.8 Å². The van der Waals surface area contributed by atoms with Gasteiger partial charge in [0.05, 0.1) is 18.3 Å². The molecule has 0 atom stereocenters. The number of hydrazone groups is 1. The zero-order chi connectivity index (χ0) is 21.2. The first kappa shape index (κ1) is 22.1. The topological polar surface area (TPSA) is 89.0 Å². The van der Waals surface area contributed by atoms with E-state index in [-0.39, 0.29) is 11.6 Å². The van der Waals surface area contributed by atoms with Crippen LogP contribution in [-0.4, -0.2) is 31.7 Å². The van der Waals surface area contributed by atoms with E-state index >= 15 is 0 Å². The molecule has 7 nitrogen and oxygen atoms in total. The first-order chi connectivity index (χ1) is 13.9. The van der Waals surface area contributed by atoms with Crippen molar-refractivity contribution in [3.05, 3.63) is 52.0 Å². The molecule has 0 radical (unpaired) electrons. The van der Waals surface area contributed by atoms with Gasteiger partial charge in [0.2, 0.25) is 11.8 Å². The molecule has 0 bridgehead atoms. The zero-order valence-corrected chi connectivity index (χ0v) is 16.9. The molecule has 0 aliphatic heterocycles. The molecule has 0 saturated carbocycles. The van der Waals surface area contributed by atoms with Gasteiger partial charge in [0.15, 0.2) is 11.5 Å². The Kier molecular flexibility index (Phi) is 8.34. The maximum atomic E-state index is 11.9. The maximum absolute atomic E-state index is 11.9. The molecule has 2 aromatic rings. The van der Waals surface area contributed by atoms with E-state index in [1.807, 2.05) is 0 Å². The highest BCUT2D eigenvalue weighted by Gasteiger charge is 2.12. The van der Waals surface area contributed by atoms with E-state index in [9.17, 15) is 9.59 Å². The number of nitrogens with one attached hydrogen (secondary N) is 2. The fourth-order valence-electron chi connectivity index (χ4n) is 2.17. The Morgan fingerprint density at radius 1 is 1.21 bits per heavy atom. The highest BCUT2D eigenvalue weighted by molar-refractivity contribution is 6.32. The van der Waals surface area contributed by atoms with Crippen LogP contribution in [0.3, 0.4) is 0 Å². The molecule has 2 amide bonds. The van der Waals surface area contributed by atoms with Crippen molar-refractivity contribution < 1.29 is 19.1 Å². The molecule has 2 N–H and O–H groups in total. The third kappa shape index (κ3) is 7.03. The van der Waals surface area contributed by atoms with E-state index in [0.717, 1.165) is 0 Å². The third-order valence-corrected chi connectivity index (χ3v) is 3.94. The Labute approximate surface area is 178 Å². The molecule has 0 aromatic heterocycles. The molecule has 0 spiro atoms. The minimum absolute atomic E-state index is 0.0393. The zero-order valence-electron chi connectivity index (χ0n) is 15.4. The van der Waals surface area contributed by atoms with Crippen molar-refractivity contribution in [2.45, 2.75) is 6.42 Å². The molecule has 0 aliphatic carbocycles. The summed E-state index contributed by atoms with van der Waals surface area (Å²) < 4.78 is 10.6. The van der Waals surface area contributed by atoms with Gasteiger partial charge < -0.3 is 14.8 Å². The number of carbonyl (C=O) groups is 2. The predicted molar refractivity (Wildman–Crippen MR) is 113 cm³/mol. The van der Waals surface area contributed by atoms with Gasteiger partial charge >= 0.3 is 0 Å². The average Bonchev–Trinajstić information content (AvgIpc) is 2.68. The van der Waals surface area contributed by atoms with Crippen molar-refractivity contribution in [2.75, 3.05) is 19.0 Å². The third-order valence-electron chi connectivity index (χ3n) is 3.40. The Morgan fingerprint density at radius 3 is 2.59 bits per heavy atom. The van der Waals surface area contributed by atoms with E-state index in [4.69, 9.17) is 39.1 Å². The summed E-state index contributed by atoms with van der Waals surface area (Å²) in [5, 5.41) is 7.21. The Bertz CT molecular complexity index is 953. The van der Waals surface area contributed by atoms with Crippen LogP contribution in [-0.2, 0) is 9.59 Å². The highest BCUT2D eigenvalue weighted by Crippen LogP contribution is 2.35. The highest BCUT2D eigenvalue weighted by atomic mass is 35.5. The first-order valence-electron chi connectivity index (χ1n) is 8.24. The fourth-order valence-corrected chi connectivity index (χ4v) is 2.57. The van der Waals surface area contributed by atoms with Gasteiger partial charge in [-0.05, 0) is 42.0 Å². The summed E-state index contributed by atoms with van der Waals surface area (Å²) >= 11 is 11.9. The molecule has 0 saturated heterocycles. The fraction of sp³-hybridized carbons (Fsp3) is 0.150. The molecule has 29 heavy (non-hydrogen) atoms. The van der Waals surface area contributed by atoms with Crippen LogP contribution in [0.25, 0.3) is 0 Å². The van der Waals surface area contributed by atoms with E-state index < -0.39 is 18.2 Å². The number of amides is 2. The number of nitrogens with zero attached hydrogens (tertiary/aromatic N) is 1. The van der Waals surface area contributed by atoms with Crippen molar-refractivity contribution in [2.24, 2.45) is 5.10 Å². The standard InChI is InChI=1S/C20H17Cl2N3O4/c1-3-8-29-20-16(22)9-13(10-17(20)28-2)12-23-25-19(27)11-18(26)24-15-6-4-14(21)5-7-15/h1,4-7,9-10,12H,8,11H2,2H3,(H,24,26)(H,25,27). The molecule has 0 aliphatic rings. The van der Waals surface area contributed by atoms with Gasteiger partial charge in [-0.25, -0.2) is 5.43 Å². The lowest BCUT2D eigenvalue weighted by Gasteiger charge is -2.11. The summed E-state index contributed by atoms with van der Waals surface area (Å²) in [6, 6.07) is 9.70. The van der Waals surface area contributed by atoms with Crippen molar-refractivity contribution in [3.8, 4) is 23.8 Å². The second-order valence-corrected chi connectivity index (χ2v) is 6.40. The summed E-state index contributed by atoms with van der Waals surface area (Å²) in [5.74, 6) is 1.95. The van der Waals surface area contributed by atoms with Crippen LogP contribution in [0.1, 0.15) is 12.0 Å². The quantitative estimate of drug-likeness (QED) is 0.288. The number of ether oxygens (including phenoxy) is 2. The number of halogens is 2. The minimum atomic E-state index is -0.584. The van der Waals surface area contributed by atoms with Crippen LogP contribution in [0, 0.1) is 12.3 Å². The molecule has 0 unspecified atom stereocenters. The number of methoxy groups -OCH3 is 1. The molecule has 9 heteroatoms. The van der Waals surface area contributed by atoms with Crippen LogP contribution in [0.2, 0.25) is 10.0 Å². The maximum Gasteiger partial charge on any atom is 0.249 e. The smallest absolute Gasteiger partial charge is 0.249 e. The SMILES string of the molecule is C#CCOc1c(Cl)cc(C=NNC(=O)CC(=O)Nc2ccc(Cl)cc2)cc1OC. The minimum Gasteiger partial charge on any atom is -0.493 e. The van der Waals surface area contributed by atoms with Gasteiger partial charge in [-0.2, -0.15) is 5.10 Å². The normalized spacial score (nSPS) is 10.3. The summed E-state index contributed by atoms with van der Waals surface area (Å²) in [4.78, 5) is 23.7. The number of hydrogen-bond donors (Lipinski definition) is 2. The van der Waals surface area contributed by atoms with E-state index in [1.54, 1.807) is 36.4 Å².